The Morgan fingerprint density at radius 1 is 1.00 bits per heavy atom. The van der Waals surface area contributed by atoms with Crippen LogP contribution < -0.4 is 0 Å². The number of hydrogen-bond acceptors (Lipinski definition) is 3. The van der Waals surface area contributed by atoms with E-state index in [0.29, 0.717) is 19.9 Å². The third-order valence-corrected chi connectivity index (χ3v) is 3.56. The van der Waals surface area contributed by atoms with Crippen LogP contribution in [0.3, 0.4) is 0 Å². The predicted octanol–water partition coefficient (Wildman–Crippen LogP) is 0.738. The zero-order valence-corrected chi connectivity index (χ0v) is 9.89. The normalized spacial score (nSPS) is 13.7. The first-order chi connectivity index (χ1) is 6.24. The molecular formula is C9H10O3W. The molecule has 0 amide bonds. The monoisotopic (exact) mass is 350 g/mol. The SMILES string of the molecule is O=[CH][W]([CH]=O)[CH]=O.[CH2]C1C=CC=C1. The summed E-state index contributed by atoms with van der Waals surface area (Å²) in [6.07, 6.45) is 8.13. The molecule has 70 valence electrons. The summed E-state index contributed by atoms with van der Waals surface area (Å²) in [6, 6.07) is 0. The average molecular weight is 350 g/mol. The molecule has 0 aromatic rings. The van der Waals surface area contributed by atoms with Gasteiger partial charge < -0.3 is 0 Å². The second-order valence-electron chi connectivity index (χ2n) is 2.13. The molecule has 1 radical (unpaired) electrons. The van der Waals surface area contributed by atoms with Crippen molar-refractivity contribution < 1.29 is 31.7 Å². The molecule has 0 unspecified atom stereocenters. The topological polar surface area (TPSA) is 51.2 Å². The Balaban J connectivity index is 0.000000223. The fourth-order valence-corrected chi connectivity index (χ4v) is 1.03. The second kappa shape index (κ2) is 7.81. The van der Waals surface area contributed by atoms with Crippen molar-refractivity contribution >= 4 is 14.0 Å². The molecule has 0 bridgehead atoms. The van der Waals surface area contributed by atoms with Crippen LogP contribution in [0.1, 0.15) is 0 Å². The number of hydrogen-bond donors (Lipinski definition) is 0. The maximum Gasteiger partial charge on any atom is -0.00469 e. The van der Waals surface area contributed by atoms with E-state index in [1.165, 1.54) is 0 Å². The molecule has 1 aliphatic rings. The van der Waals surface area contributed by atoms with E-state index in [4.69, 9.17) is 0 Å². The van der Waals surface area contributed by atoms with Crippen molar-refractivity contribution in [2.75, 3.05) is 0 Å². The minimum absolute atomic E-state index is 0.435. The summed E-state index contributed by atoms with van der Waals surface area (Å²) in [5, 5.41) is 0. The summed E-state index contributed by atoms with van der Waals surface area (Å²) in [6.45, 7) is 3.76. The molecule has 0 aromatic carbocycles. The van der Waals surface area contributed by atoms with Crippen LogP contribution in [0.5, 0.6) is 0 Å². The molecule has 0 saturated carbocycles. The summed E-state index contributed by atoms with van der Waals surface area (Å²) < 4.78 is 1.46. The van der Waals surface area contributed by atoms with Gasteiger partial charge in [-0.05, 0) is 12.8 Å². The fraction of sp³-hybridized carbons (Fsp3) is 0.111. The average Bonchev–Trinajstić information content (AvgIpc) is 2.60. The Hall–Kier alpha value is -0.822. The third kappa shape index (κ3) is 6.35. The Morgan fingerprint density at radius 2 is 1.38 bits per heavy atom. The van der Waals surface area contributed by atoms with Crippen LogP contribution >= 0.6 is 0 Å². The number of carbonyl (C=O) groups is 3. The van der Waals surface area contributed by atoms with Gasteiger partial charge in [0, 0.05) is 0 Å². The fourth-order valence-electron chi connectivity index (χ4n) is 0.546. The van der Waals surface area contributed by atoms with Gasteiger partial charge in [-0.2, -0.15) is 0 Å². The van der Waals surface area contributed by atoms with E-state index in [1.807, 2.05) is 12.2 Å². The van der Waals surface area contributed by atoms with E-state index in [9.17, 15) is 14.4 Å². The summed E-state index contributed by atoms with van der Waals surface area (Å²) in [4.78, 5) is 28.8. The molecule has 0 spiro atoms. The van der Waals surface area contributed by atoms with Gasteiger partial charge in [0.25, 0.3) is 0 Å². The number of rotatable bonds is 3. The van der Waals surface area contributed by atoms with E-state index >= 15 is 0 Å². The van der Waals surface area contributed by atoms with Gasteiger partial charge in [-0.25, -0.2) is 0 Å². The van der Waals surface area contributed by atoms with Crippen LogP contribution in [0.15, 0.2) is 24.3 Å². The number of allylic oxidation sites excluding steroid dienone is 4. The van der Waals surface area contributed by atoms with Crippen molar-refractivity contribution in [3.05, 3.63) is 31.2 Å². The minimum atomic E-state index is -2.68. The molecule has 0 heterocycles. The Bertz CT molecular complexity index is 202. The Kier molecular flexibility index (Phi) is 7.31. The molecule has 0 N–H and O–H groups in total. The molecule has 1 rings (SSSR count). The Morgan fingerprint density at radius 3 is 1.46 bits per heavy atom. The van der Waals surface area contributed by atoms with Crippen LogP contribution in [-0.2, 0) is 31.7 Å². The van der Waals surface area contributed by atoms with E-state index < -0.39 is 17.3 Å². The van der Waals surface area contributed by atoms with Crippen molar-refractivity contribution in [1.29, 1.82) is 0 Å². The van der Waals surface area contributed by atoms with Gasteiger partial charge in [-0.15, -0.1) is 0 Å². The molecule has 0 atom stereocenters. The van der Waals surface area contributed by atoms with Crippen LogP contribution in [0.2, 0.25) is 0 Å². The van der Waals surface area contributed by atoms with E-state index in [2.05, 4.69) is 19.1 Å². The summed E-state index contributed by atoms with van der Waals surface area (Å²) in [5.41, 5.74) is 0. The predicted molar refractivity (Wildman–Crippen MR) is 47.4 cm³/mol. The van der Waals surface area contributed by atoms with E-state index in [1.54, 1.807) is 0 Å². The first-order valence-corrected chi connectivity index (χ1v) is 8.57. The van der Waals surface area contributed by atoms with Gasteiger partial charge in [-0.1, -0.05) is 24.3 Å². The van der Waals surface area contributed by atoms with Gasteiger partial charge in [0.15, 0.2) is 0 Å². The van der Waals surface area contributed by atoms with Crippen molar-refractivity contribution in [1.82, 2.24) is 0 Å². The molecule has 0 saturated heterocycles. The molecule has 0 fully saturated rings. The summed E-state index contributed by atoms with van der Waals surface area (Å²) in [7, 11) is 0. The first-order valence-electron chi connectivity index (χ1n) is 3.49. The van der Waals surface area contributed by atoms with Crippen LogP contribution in [-0.4, -0.2) is 14.0 Å². The molecule has 4 heteroatoms. The molecule has 1 aliphatic carbocycles. The third-order valence-electron chi connectivity index (χ3n) is 1.16. The molecular weight excluding hydrogens is 340 g/mol. The Labute approximate surface area is 83.1 Å². The van der Waals surface area contributed by atoms with Gasteiger partial charge in [0.1, 0.15) is 0 Å². The second-order valence-corrected chi connectivity index (χ2v) is 7.14. The van der Waals surface area contributed by atoms with Crippen LogP contribution in [0.25, 0.3) is 0 Å². The molecule has 0 aliphatic heterocycles. The molecule has 3 nitrogen and oxygen atoms in total. The van der Waals surface area contributed by atoms with Crippen molar-refractivity contribution in [2.45, 2.75) is 0 Å². The van der Waals surface area contributed by atoms with Gasteiger partial charge >= 0.3 is 45.7 Å². The van der Waals surface area contributed by atoms with Crippen molar-refractivity contribution in [3.63, 3.8) is 0 Å². The zero-order valence-electron chi connectivity index (χ0n) is 6.96. The number of carbonyl (C=O) groups excluding carboxylic acids is 3. The minimum Gasteiger partial charge on any atom is -0.0776 e. The van der Waals surface area contributed by atoms with E-state index in [0.717, 1.165) is 0 Å². The largest absolute Gasteiger partial charge is 0.0776 e. The standard InChI is InChI=1S/C6H7.3CHO.W/c1-6-4-2-3-5-6;3*1-2;/h2-6H,1H2;3*1H;. The van der Waals surface area contributed by atoms with Crippen molar-refractivity contribution in [3.8, 4) is 0 Å². The quantitative estimate of drug-likeness (QED) is 0.706. The molecule has 13 heavy (non-hydrogen) atoms. The van der Waals surface area contributed by atoms with Crippen molar-refractivity contribution in [2.24, 2.45) is 5.92 Å². The zero-order chi connectivity index (χ0) is 10.1. The van der Waals surface area contributed by atoms with Gasteiger partial charge in [0.05, 0.1) is 0 Å². The maximum absolute atomic E-state index is 9.59. The van der Waals surface area contributed by atoms with Crippen LogP contribution in [0.4, 0.5) is 0 Å². The van der Waals surface area contributed by atoms with Gasteiger partial charge in [0.2, 0.25) is 0 Å². The smallest absolute Gasteiger partial charge is 0.00469 e. The summed E-state index contributed by atoms with van der Waals surface area (Å²) in [5.74, 6) is 0.435. The molecule has 0 aromatic heterocycles. The summed E-state index contributed by atoms with van der Waals surface area (Å²) >= 11 is -2.68. The van der Waals surface area contributed by atoms with E-state index in [-0.39, 0.29) is 0 Å². The first kappa shape index (κ1) is 12.2. The maximum atomic E-state index is 9.59. The van der Waals surface area contributed by atoms with Crippen LogP contribution in [0, 0.1) is 12.8 Å². The van der Waals surface area contributed by atoms with Gasteiger partial charge in [-0.3, -0.25) is 0 Å².